The van der Waals surface area contributed by atoms with Crippen molar-refractivity contribution < 1.29 is 10.2 Å². The summed E-state index contributed by atoms with van der Waals surface area (Å²) in [6.07, 6.45) is 9.31. The van der Waals surface area contributed by atoms with E-state index in [0.717, 1.165) is 23.7 Å². The second-order valence-corrected chi connectivity index (χ2v) is 3.76. The minimum atomic E-state index is 0.578. The van der Waals surface area contributed by atoms with E-state index < -0.39 is 0 Å². The molecule has 3 heteroatoms. The molecule has 0 saturated carbocycles. The summed E-state index contributed by atoms with van der Waals surface area (Å²) in [5, 5.41) is 19.2. The van der Waals surface area contributed by atoms with E-state index in [2.05, 4.69) is 4.98 Å². The summed E-state index contributed by atoms with van der Waals surface area (Å²) in [6.45, 7) is 0. The Balaban J connectivity index is 2.34. The molecular formula is C15H13NO2. The highest BCUT2D eigenvalue weighted by Gasteiger charge is 1.90. The molecule has 1 heterocycles. The van der Waals surface area contributed by atoms with E-state index in [1.165, 1.54) is 0 Å². The number of aliphatic hydroxyl groups is 2. The van der Waals surface area contributed by atoms with E-state index in [1.807, 2.05) is 30.4 Å². The zero-order valence-corrected chi connectivity index (χ0v) is 9.69. The van der Waals surface area contributed by atoms with Crippen molar-refractivity contribution in [3.63, 3.8) is 0 Å². The number of aliphatic hydroxyl groups excluding tert-OH is 2. The van der Waals surface area contributed by atoms with Crippen molar-refractivity contribution in [3.8, 4) is 0 Å². The third kappa shape index (κ3) is 2.77. The first-order valence-electron chi connectivity index (χ1n) is 5.50. The summed E-state index contributed by atoms with van der Waals surface area (Å²) >= 11 is 0. The normalized spacial score (nSPS) is 13.3. The van der Waals surface area contributed by atoms with Crippen LogP contribution in [-0.4, -0.2) is 15.2 Å². The van der Waals surface area contributed by atoms with Crippen LogP contribution in [-0.2, 0) is 0 Å². The highest BCUT2D eigenvalue weighted by Crippen LogP contribution is 2.04. The van der Waals surface area contributed by atoms with Crippen LogP contribution < -0.4 is 10.4 Å². The van der Waals surface area contributed by atoms with Crippen LogP contribution >= 0.6 is 0 Å². The highest BCUT2D eigenvalue weighted by molar-refractivity contribution is 5.69. The van der Waals surface area contributed by atoms with Gasteiger partial charge in [0.05, 0.1) is 12.5 Å². The van der Waals surface area contributed by atoms with Crippen LogP contribution in [0.25, 0.3) is 24.7 Å². The molecule has 0 amide bonds. The lowest BCUT2D eigenvalue weighted by Crippen LogP contribution is -2.24. The summed E-state index contributed by atoms with van der Waals surface area (Å²) < 4.78 is 0. The quantitative estimate of drug-likeness (QED) is 0.840. The SMILES string of the molecule is OC=c1ccc(C=Cc2ccncc2)cc1=CO. The molecule has 0 radical (unpaired) electrons. The average Bonchev–Trinajstić information content (AvgIpc) is 2.45. The number of benzene rings is 1. The molecule has 0 aliphatic heterocycles. The van der Waals surface area contributed by atoms with Gasteiger partial charge in [-0.05, 0) is 29.3 Å². The van der Waals surface area contributed by atoms with Crippen LogP contribution in [0.3, 0.4) is 0 Å². The summed E-state index contributed by atoms with van der Waals surface area (Å²) in [6, 6.07) is 9.22. The molecule has 0 spiro atoms. The number of nitrogens with zero attached hydrogens (tertiary/aromatic N) is 1. The standard InChI is InChI=1S/C15H13NO2/c17-10-14-4-3-13(9-15(14)11-18)2-1-12-5-7-16-8-6-12/h1-11,17-18H. The molecule has 2 rings (SSSR count). The van der Waals surface area contributed by atoms with Gasteiger partial charge in [-0.2, -0.15) is 0 Å². The second kappa shape index (κ2) is 5.68. The number of hydrogen-bond acceptors (Lipinski definition) is 3. The fourth-order valence-corrected chi connectivity index (χ4v) is 1.59. The molecule has 0 unspecified atom stereocenters. The van der Waals surface area contributed by atoms with Crippen LogP contribution in [0.4, 0.5) is 0 Å². The van der Waals surface area contributed by atoms with Crippen molar-refractivity contribution in [3.05, 3.63) is 64.3 Å². The topological polar surface area (TPSA) is 53.4 Å². The maximum atomic E-state index is 9.07. The van der Waals surface area contributed by atoms with Gasteiger partial charge in [-0.1, -0.05) is 24.3 Å². The second-order valence-electron chi connectivity index (χ2n) is 3.76. The van der Waals surface area contributed by atoms with E-state index >= 15 is 0 Å². The Bertz CT molecular complexity index is 661. The summed E-state index contributed by atoms with van der Waals surface area (Å²) in [5.74, 6) is 0. The minimum absolute atomic E-state index is 0.578. The Hall–Kier alpha value is -2.55. The molecule has 0 atom stereocenters. The minimum Gasteiger partial charge on any atom is -0.515 e. The molecule has 2 N–H and O–H groups in total. The molecule has 2 aromatic rings. The smallest absolute Gasteiger partial charge is 0.0871 e. The van der Waals surface area contributed by atoms with E-state index in [0.29, 0.717) is 10.4 Å². The van der Waals surface area contributed by atoms with Crippen molar-refractivity contribution >= 4 is 24.7 Å². The first kappa shape index (κ1) is 11.9. The lowest BCUT2D eigenvalue weighted by atomic mass is 10.1. The maximum absolute atomic E-state index is 9.07. The Morgan fingerprint density at radius 2 is 1.44 bits per heavy atom. The van der Waals surface area contributed by atoms with Crippen molar-refractivity contribution in [2.75, 3.05) is 0 Å². The van der Waals surface area contributed by atoms with Crippen LogP contribution in [0.5, 0.6) is 0 Å². The largest absolute Gasteiger partial charge is 0.515 e. The van der Waals surface area contributed by atoms with Crippen LogP contribution in [0.15, 0.2) is 42.7 Å². The number of aromatic nitrogens is 1. The van der Waals surface area contributed by atoms with Crippen LogP contribution in [0, 0.1) is 0 Å². The molecular weight excluding hydrogens is 226 g/mol. The van der Waals surface area contributed by atoms with E-state index in [4.69, 9.17) is 10.2 Å². The molecule has 90 valence electrons. The molecule has 1 aromatic heterocycles. The molecule has 0 aliphatic rings. The van der Waals surface area contributed by atoms with Crippen molar-refractivity contribution in [2.24, 2.45) is 0 Å². The zero-order chi connectivity index (χ0) is 12.8. The third-order valence-electron chi connectivity index (χ3n) is 2.56. The Morgan fingerprint density at radius 1 is 0.778 bits per heavy atom. The van der Waals surface area contributed by atoms with Gasteiger partial charge in [0.25, 0.3) is 0 Å². The number of rotatable bonds is 2. The predicted octanol–water partition coefficient (Wildman–Crippen LogP) is 1.84. The number of hydrogen-bond donors (Lipinski definition) is 2. The lowest BCUT2D eigenvalue weighted by molar-refractivity contribution is 0.533. The Morgan fingerprint density at radius 3 is 2.11 bits per heavy atom. The van der Waals surface area contributed by atoms with Gasteiger partial charge in [-0.15, -0.1) is 0 Å². The van der Waals surface area contributed by atoms with Gasteiger partial charge < -0.3 is 10.2 Å². The third-order valence-corrected chi connectivity index (χ3v) is 2.56. The fourth-order valence-electron chi connectivity index (χ4n) is 1.59. The number of pyridine rings is 1. The van der Waals surface area contributed by atoms with Gasteiger partial charge in [0, 0.05) is 22.8 Å². The van der Waals surface area contributed by atoms with Gasteiger partial charge >= 0.3 is 0 Å². The molecule has 0 fully saturated rings. The zero-order valence-electron chi connectivity index (χ0n) is 9.69. The summed E-state index contributed by atoms with van der Waals surface area (Å²) in [7, 11) is 0. The molecule has 18 heavy (non-hydrogen) atoms. The first-order chi connectivity index (χ1) is 8.83. The molecule has 0 bridgehead atoms. The average molecular weight is 239 g/mol. The monoisotopic (exact) mass is 239 g/mol. The Kier molecular flexibility index (Phi) is 3.76. The molecule has 0 saturated heterocycles. The fraction of sp³-hybridized carbons (Fsp3) is 0. The van der Waals surface area contributed by atoms with Crippen LogP contribution in [0.1, 0.15) is 11.1 Å². The van der Waals surface area contributed by atoms with Gasteiger partial charge in [0.1, 0.15) is 0 Å². The van der Waals surface area contributed by atoms with E-state index in [-0.39, 0.29) is 0 Å². The highest BCUT2D eigenvalue weighted by atomic mass is 16.2. The predicted molar refractivity (Wildman–Crippen MR) is 73.0 cm³/mol. The van der Waals surface area contributed by atoms with Crippen molar-refractivity contribution in [1.29, 1.82) is 0 Å². The van der Waals surface area contributed by atoms with Gasteiger partial charge in [-0.3, -0.25) is 4.98 Å². The van der Waals surface area contributed by atoms with Crippen LogP contribution in [0.2, 0.25) is 0 Å². The molecule has 3 nitrogen and oxygen atoms in total. The Labute approximate surface area is 105 Å². The van der Waals surface area contributed by atoms with Crippen molar-refractivity contribution in [2.45, 2.75) is 0 Å². The molecule has 1 aromatic carbocycles. The molecule has 0 aliphatic carbocycles. The summed E-state index contributed by atoms with van der Waals surface area (Å²) in [5.41, 5.74) is 2.00. The lowest BCUT2D eigenvalue weighted by Gasteiger charge is -1.95. The van der Waals surface area contributed by atoms with Crippen molar-refractivity contribution in [1.82, 2.24) is 4.98 Å². The van der Waals surface area contributed by atoms with Gasteiger partial charge in [0.15, 0.2) is 0 Å². The van der Waals surface area contributed by atoms with E-state index in [9.17, 15) is 0 Å². The first-order valence-corrected chi connectivity index (χ1v) is 5.50. The van der Waals surface area contributed by atoms with Gasteiger partial charge in [-0.25, -0.2) is 0 Å². The summed E-state index contributed by atoms with van der Waals surface area (Å²) in [4.78, 5) is 3.95. The van der Waals surface area contributed by atoms with E-state index in [1.54, 1.807) is 24.5 Å². The maximum Gasteiger partial charge on any atom is 0.0871 e. The van der Waals surface area contributed by atoms with Gasteiger partial charge in [0.2, 0.25) is 0 Å².